The van der Waals surface area contributed by atoms with Gasteiger partial charge < -0.3 is 19.3 Å². The van der Waals surface area contributed by atoms with Crippen molar-refractivity contribution in [1.29, 1.82) is 0 Å². The van der Waals surface area contributed by atoms with Crippen LogP contribution in [-0.4, -0.2) is 37.4 Å². The summed E-state index contributed by atoms with van der Waals surface area (Å²) in [5.41, 5.74) is -0.0786. The molecule has 98 valence electrons. The fourth-order valence-corrected chi connectivity index (χ4v) is 1.36. The lowest BCUT2D eigenvalue weighted by Crippen LogP contribution is -2.26. The third-order valence-electron chi connectivity index (χ3n) is 2.26. The van der Waals surface area contributed by atoms with Gasteiger partial charge >= 0.3 is 11.9 Å². The molecule has 0 spiro atoms. The number of benzene rings is 1. The first kappa shape index (κ1) is 13.8. The summed E-state index contributed by atoms with van der Waals surface area (Å²) < 4.78 is 14.8. The molecule has 0 heterocycles. The van der Waals surface area contributed by atoms with Crippen LogP contribution in [0.3, 0.4) is 0 Å². The van der Waals surface area contributed by atoms with Crippen molar-refractivity contribution in [2.45, 2.75) is 13.0 Å². The Labute approximate surface area is 104 Å². The Morgan fingerprint density at radius 1 is 1.28 bits per heavy atom. The first-order chi connectivity index (χ1) is 8.51. The van der Waals surface area contributed by atoms with Gasteiger partial charge in [0.1, 0.15) is 5.56 Å². The van der Waals surface area contributed by atoms with E-state index in [1.165, 1.54) is 33.3 Å². The molecule has 0 aromatic heterocycles. The number of esters is 1. The standard InChI is InChI=1S/C12H14O6/c1-7(12(15)17-3)18-10-8(11(13)14)5-4-6-9(10)16-2/h4-7H,1-3H3,(H,13,14). The maximum atomic E-state index is 11.3. The predicted octanol–water partition coefficient (Wildman–Crippen LogP) is 1.33. The second-order valence-corrected chi connectivity index (χ2v) is 3.43. The number of hydrogen-bond donors (Lipinski definition) is 1. The molecule has 0 radical (unpaired) electrons. The van der Waals surface area contributed by atoms with E-state index in [1.54, 1.807) is 6.07 Å². The van der Waals surface area contributed by atoms with Crippen LogP contribution in [0.15, 0.2) is 18.2 Å². The average Bonchev–Trinajstić information content (AvgIpc) is 2.37. The number of hydrogen-bond acceptors (Lipinski definition) is 5. The quantitative estimate of drug-likeness (QED) is 0.798. The van der Waals surface area contributed by atoms with Crippen LogP contribution in [0, 0.1) is 0 Å². The summed E-state index contributed by atoms with van der Waals surface area (Å²) in [5, 5.41) is 9.04. The lowest BCUT2D eigenvalue weighted by atomic mass is 10.2. The molecule has 0 aliphatic carbocycles. The van der Waals surface area contributed by atoms with Gasteiger partial charge in [0.15, 0.2) is 17.6 Å². The Kier molecular flexibility index (Phi) is 4.53. The molecule has 1 N–H and O–H groups in total. The molecule has 1 atom stereocenters. The minimum atomic E-state index is -1.17. The van der Waals surface area contributed by atoms with Crippen LogP contribution < -0.4 is 9.47 Å². The lowest BCUT2D eigenvalue weighted by molar-refractivity contribution is -0.148. The molecule has 18 heavy (non-hydrogen) atoms. The number of aromatic carboxylic acids is 1. The third kappa shape index (κ3) is 2.91. The van der Waals surface area contributed by atoms with E-state index in [2.05, 4.69) is 4.74 Å². The minimum Gasteiger partial charge on any atom is -0.493 e. The molecular formula is C12H14O6. The van der Waals surface area contributed by atoms with E-state index in [9.17, 15) is 9.59 Å². The summed E-state index contributed by atoms with van der Waals surface area (Å²) in [6.07, 6.45) is -0.926. The number of rotatable bonds is 5. The van der Waals surface area contributed by atoms with E-state index in [-0.39, 0.29) is 17.1 Å². The van der Waals surface area contributed by atoms with Crippen LogP contribution in [0.5, 0.6) is 11.5 Å². The van der Waals surface area contributed by atoms with Crippen LogP contribution in [-0.2, 0) is 9.53 Å². The average molecular weight is 254 g/mol. The third-order valence-corrected chi connectivity index (χ3v) is 2.26. The number of carboxylic acids is 1. The van der Waals surface area contributed by atoms with Gasteiger partial charge in [0, 0.05) is 0 Å². The number of methoxy groups -OCH3 is 2. The van der Waals surface area contributed by atoms with Gasteiger partial charge in [-0.05, 0) is 19.1 Å². The second-order valence-electron chi connectivity index (χ2n) is 3.43. The molecule has 1 unspecified atom stereocenters. The summed E-state index contributed by atoms with van der Waals surface area (Å²) in [4.78, 5) is 22.3. The highest BCUT2D eigenvalue weighted by molar-refractivity contribution is 5.92. The number of carboxylic acid groups (broad SMARTS) is 1. The van der Waals surface area contributed by atoms with E-state index in [0.29, 0.717) is 0 Å². The van der Waals surface area contributed by atoms with Crippen molar-refractivity contribution in [2.75, 3.05) is 14.2 Å². The monoisotopic (exact) mass is 254 g/mol. The Morgan fingerprint density at radius 2 is 1.94 bits per heavy atom. The highest BCUT2D eigenvalue weighted by Crippen LogP contribution is 2.32. The van der Waals surface area contributed by atoms with Gasteiger partial charge in [0.05, 0.1) is 14.2 Å². The highest BCUT2D eigenvalue weighted by Gasteiger charge is 2.22. The Balaban J connectivity index is 3.12. The Morgan fingerprint density at radius 3 is 2.44 bits per heavy atom. The van der Waals surface area contributed by atoms with Gasteiger partial charge in [-0.3, -0.25) is 0 Å². The van der Waals surface area contributed by atoms with Crippen molar-refractivity contribution in [3.63, 3.8) is 0 Å². The van der Waals surface area contributed by atoms with E-state index in [4.69, 9.17) is 14.6 Å². The topological polar surface area (TPSA) is 82.1 Å². The Hall–Kier alpha value is -2.24. The summed E-state index contributed by atoms with van der Waals surface area (Å²) in [6.45, 7) is 1.46. The molecular weight excluding hydrogens is 240 g/mol. The molecule has 6 heteroatoms. The second kappa shape index (κ2) is 5.90. The van der Waals surface area contributed by atoms with E-state index < -0.39 is 18.0 Å². The van der Waals surface area contributed by atoms with E-state index >= 15 is 0 Å². The van der Waals surface area contributed by atoms with Crippen molar-refractivity contribution < 1.29 is 28.9 Å². The summed E-state index contributed by atoms with van der Waals surface area (Å²) in [7, 11) is 2.61. The molecule has 0 aliphatic heterocycles. The zero-order valence-corrected chi connectivity index (χ0v) is 10.3. The van der Waals surface area contributed by atoms with Crippen molar-refractivity contribution in [1.82, 2.24) is 0 Å². The van der Waals surface area contributed by atoms with Crippen molar-refractivity contribution in [2.24, 2.45) is 0 Å². The number of ether oxygens (including phenoxy) is 3. The van der Waals surface area contributed by atoms with Gasteiger partial charge in [-0.15, -0.1) is 0 Å². The molecule has 1 aromatic rings. The molecule has 0 saturated heterocycles. The Bertz CT molecular complexity index is 454. The predicted molar refractivity (Wildman–Crippen MR) is 62.1 cm³/mol. The minimum absolute atomic E-state index is 0.00500. The summed E-state index contributed by atoms with van der Waals surface area (Å²) in [5.74, 6) is -1.52. The van der Waals surface area contributed by atoms with Crippen LogP contribution in [0.4, 0.5) is 0 Å². The molecule has 1 rings (SSSR count). The fraction of sp³-hybridized carbons (Fsp3) is 0.333. The molecule has 0 bridgehead atoms. The molecule has 1 aromatic carbocycles. The van der Waals surface area contributed by atoms with E-state index in [1.807, 2.05) is 0 Å². The normalized spacial score (nSPS) is 11.5. The van der Waals surface area contributed by atoms with Crippen LogP contribution in [0.2, 0.25) is 0 Å². The van der Waals surface area contributed by atoms with Crippen LogP contribution in [0.25, 0.3) is 0 Å². The van der Waals surface area contributed by atoms with Crippen molar-refractivity contribution in [3.8, 4) is 11.5 Å². The molecule has 0 amide bonds. The first-order valence-corrected chi connectivity index (χ1v) is 5.16. The van der Waals surface area contributed by atoms with Gasteiger partial charge in [0.25, 0.3) is 0 Å². The number of carbonyl (C=O) groups excluding carboxylic acids is 1. The number of carbonyl (C=O) groups is 2. The van der Waals surface area contributed by atoms with Gasteiger partial charge in [-0.25, -0.2) is 9.59 Å². The largest absolute Gasteiger partial charge is 0.493 e. The molecule has 0 fully saturated rings. The summed E-state index contributed by atoms with van der Waals surface area (Å²) >= 11 is 0. The zero-order valence-electron chi connectivity index (χ0n) is 10.3. The number of para-hydroxylation sites is 1. The maximum Gasteiger partial charge on any atom is 0.346 e. The maximum absolute atomic E-state index is 11.3. The van der Waals surface area contributed by atoms with Crippen molar-refractivity contribution >= 4 is 11.9 Å². The highest BCUT2D eigenvalue weighted by atomic mass is 16.6. The van der Waals surface area contributed by atoms with Crippen molar-refractivity contribution in [3.05, 3.63) is 23.8 Å². The molecule has 6 nitrogen and oxygen atoms in total. The fourth-order valence-electron chi connectivity index (χ4n) is 1.36. The van der Waals surface area contributed by atoms with Crippen LogP contribution >= 0.6 is 0 Å². The zero-order chi connectivity index (χ0) is 13.7. The smallest absolute Gasteiger partial charge is 0.346 e. The lowest BCUT2D eigenvalue weighted by Gasteiger charge is -2.16. The molecule has 0 aliphatic rings. The SMILES string of the molecule is COC(=O)C(C)Oc1c(OC)cccc1C(=O)O. The first-order valence-electron chi connectivity index (χ1n) is 5.16. The molecule has 0 saturated carbocycles. The van der Waals surface area contributed by atoms with E-state index in [0.717, 1.165) is 0 Å². The van der Waals surface area contributed by atoms with Gasteiger partial charge in [-0.1, -0.05) is 6.07 Å². The summed E-state index contributed by atoms with van der Waals surface area (Å²) in [6, 6.07) is 4.44. The van der Waals surface area contributed by atoms with Gasteiger partial charge in [0.2, 0.25) is 0 Å². The van der Waals surface area contributed by atoms with Crippen LogP contribution in [0.1, 0.15) is 17.3 Å². The van der Waals surface area contributed by atoms with Gasteiger partial charge in [-0.2, -0.15) is 0 Å².